The van der Waals surface area contributed by atoms with Crippen molar-refractivity contribution >= 4 is 23.8 Å². The van der Waals surface area contributed by atoms with Crippen molar-refractivity contribution in [2.45, 2.75) is 77.0 Å². The van der Waals surface area contributed by atoms with E-state index in [2.05, 4.69) is 33.0 Å². The molecule has 4 rings (SSSR count). The van der Waals surface area contributed by atoms with Gasteiger partial charge in [-0.25, -0.2) is 4.79 Å². The summed E-state index contributed by atoms with van der Waals surface area (Å²) in [4.78, 5) is 54.3. The van der Waals surface area contributed by atoms with Gasteiger partial charge in [0.1, 0.15) is 12.1 Å². The number of benzene rings is 2. The van der Waals surface area contributed by atoms with Gasteiger partial charge >= 0.3 is 6.09 Å². The third-order valence-corrected chi connectivity index (χ3v) is 8.50. The van der Waals surface area contributed by atoms with Crippen molar-refractivity contribution in [3.8, 4) is 0 Å². The SMILES string of the molecule is CCC(=O)NC(Cc1ccc(CNC(=O)C(NC(=O)O)C2CCCCC2)cc1)C(=O)N1CCN(Cc2ccccc2)CC1. The Balaban J connectivity index is 1.31. The van der Waals surface area contributed by atoms with E-state index in [1.807, 2.05) is 47.4 Å². The highest BCUT2D eigenvalue weighted by molar-refractivity contribution is 5.88. The molecule has 2 atom stereocenters. The van der Waals surface area contributed by atoms with Crippen molar-refractivity contribution in [1.29, 1.82) is 0 Å². The summed E-state index contributed by atoms with van der Waals surface area (Å²) in [5.41, 5.74) is 3.02. The van der Waals surface area contributed by atoms with Crippen LogP contribution in [0.25, 0.3) is 0 Å². The molecule has 2 aromatic rings. The van der Waals surface area contributed by atoms with E-state index >= 15 is 0 Å². The van der Waals surface area contributed by atoms with Crippen molar-refractivity contribution in [2.75, 3.05) is 26.2 Å². The molecule has 2 fully saturated rings. The van der Waals surface area contributed by atoms with Crippen LogP contribution < -0.4 is 16.0 Å². The third kappa shape index (κ3) is 9.81. The second-order valence-electron chi connectivity index (χ2n) is 11.6. The molecule has 4 amide bonds. The van der Waals surface area contributed by atoms with Crippen molar-refractivity contribution < 1.29 is 24.3 Å². The van der Waals surface area contributed by atoms with E-state index in [4.69, 9.17) is 0 Å². The number of carbonyl (C=O) groups excluding carboxylic acids is 3. The average molecular weight is 592 g/mol. The molecule has 10 heteroatoms. The van der Waals surface area contributed by atoms with Gasteiger partial charge in [0, 0.05) is 52.1 Å². The van der Waals surface area contributed by atoms with Gasteiger partial charge in [0.25, 0.3) is 0 Å². The molecular formula is C33H45N5O5. The van der Waals surface area contributed by atoms with Crippen LogP contribution in [0.1, 0.15) is 62.1 Å². The van der Waals surface area contributed by atoms with Crippen LogP contribution in [0, 0.1) is 5.92 Å². The second kappa shape index (κ2) is 16.1. The zero-order chi connectivity index (χ0) is 30.6. The molecule has 2 aromatic carbocycles. The first-order chi connectivity index (χ1) is 20.8. The van der Waals surface area contributed by atoms with E-state index in [0.717, 1.165) is 62.9 Å². The van der Waals surface area contributed by atoms with E-state index in [9.17, 15) is 24.3 Å². The number of hydrogen-bond donors (Lipinski definition) is 4. The Morgan fingerprint density at radius 2 is 1.49 bits per heavy atom. The van der Waals surface area contributed by atoms with Gasteiger partial charge in [-0.05, 0) is 35.4 Å². The smallest absolute Gasteiger partial charge is 0.405 e. The maximum Gasteiger partial charge on any atom is 0.405 e. The van der Waals surface area contributed by atoms with Crippen molar-refractivity contribution in [1.82, 2.24) is 25.8 Å². The van der Waals surface area contributed by atoms with Crippen LogP contribution in [0.5, 0.6) is 0 Å². The number of carboxylic acid groups (broad SMARTS) is 1. The highest BCUT2D eigenvalue weighted by Gasteiger charge is 2.31. The van der Waals surface area contributed by atoms with Crippen LogP contribution in [0.4, 0.5) is 4.79 Å². The van der Waals surface area contributed by atoms with Crippen molar-refractivity contribution in [2.24, 2.45) is 5.92 Å². The summed E-state index contributed by atoms with van der Waals surface area (Å²) in [6, 6.07) is 16.5. The second-order valence-corrected chi connectivity index (χ2v) is 11.6. The first kappa shape index (κ1) is 32.0. The number of hydrogen-bond acceptors (Lipinski definition) is 5. The molecule has 232 valence electrons. The third-order valence-electron chi connectivity index (χ3n) is 8.50. The standard InChI is InChI=1S/C33H45N5O5/c1-2-29(39)35-28(32(41)38-19-17-37(18-20-38)23-26-9-5-3-6-10-26)21-24-13-15-25(16-14-24)22-34-31(40)30(36-33(42)43)27-11-7-4-8-12-27/h3,5-6,9-10,13-16,27-28,30,36H,2,4,7-8,11-12,17-23H2,1H3,(H,34,40)(H,35,39)(H,42,43). The Hall–Kier alpha value is -3.92. The monoisotopic (exact) mass is 591 g/mol. The molecule has 2 aliphatic rings. The summed E-state index contributed by atoms with van der Waals surface area (Å²) < 4.78 is 0. The normalized spacial score (nSPS) is 17.5. The maximum absolute atomic E-state index is 13.5. The first-order valence-corrected chi connectivity index (χ1v) is 15.5. The molecular weight excluding hydrogens is 546 g/mol. The number of amides is 4. The van der Waals surface area contributed by atoms with E-state index in [-0.39, 0.29) is 30.2 Å². The fourth-order valence-corrected chi connectivity index (χ4v) is 6.01. The van der Waals surface area contributed by atoms with Crippen molar-refractivity contribution in [3.05, 3.63) is 71.3 Å². The van der Waals surface area contributed by atoms with Gasteiger partial charge in [0.2, 0.25) is 17.7 Å². The minimum Gasteiger partial charge on any atom is -0.465 e. The van der Waals surface area contributed by atoms with E-state index in [1.165, 1.54) is 5.56 Å². The minimum absolute atomic E-state index is 0.00636. The van der Waals surface area contributed by atoms with Gasteiger partial charge in [0.05, 0.1) is 0 Å². The van der Waals surface area contributed by atoms with Gasteiger partial charge in [-0.2, -0.15) is 0 Å². The summed E-state index contributed by atoms with van der Waals surface area (Å²) in [5.74, 6) is -0.540. The number of nitrogens with one attached hydrogen (secondary N) is 3. The molecule has 1 saturated heterocycles. The number of rotatable bonds is 12. The number of piperazine rings is 1. The molecule has 0 aromatic heterocycles. The van der Waals surface area contributed by atoms with Gasteiger partial charge in [-0.3, -0.25) is 19.3 Å². The van der Waals surface area contributed by atoms with Gasteiger partial charge < -0.3 is 26.0 Å². The molecule has 43 heavy (non-hydrogen) atoms. The highest BCUT2D eigenvalue weighted by Crippen LogP contribution is 2.26. The molecule has 1 heterocycles. The van der Waals surface area contributed by atoms with Gasteiger partial charge in [-0.1, -0.05) is 80.8 Å². The predicted molar refractivity (Wildman–Crippen MR) is 164 cm³/mol. The minimum atomic E-state index is -1.19. The van der Waals surface area contributed by atoms with E-state index in [1.54, 1.807) is 6.92 Å². The molecule has 1 saturated carbocycles. The average Bonchev–Trinajstić information content (AvgIpc) is 3.03. The molecule has 0 radical (unpaired) electrons. The van der Waals surface area contributed by atoms with Crippen LogP contribution in [0.15, 0.2) is 54.6 Å². The van der Waals surface area contributed by atoms with E-state index < -0.39 is 18.2 Å². The lowest BCUT2D eigenvalue weighted by molar-refractivity contribution is -0.138. The Labute approximate surface area is 254 Å². The molecule has 10 nitrogen and oxygen atoms in total. The summed E-state index contributed by atoms with van der Waals surface area (Å²) in [5, 5.41) is 17.5. The number of nitrogens with zero attached hydrogens (tertiary/aromatic N) is 2. The fourth-order valence-electron chi connectivity index (χ4n) is 6.01. The Bertz CT molecular complexity index is 1210. The number of carbonyl (C=O) groups is 4. The van der Waals surface area contributed by atoms with Gasteiger partial charge in [-0.15, -0.1) is 0 Å². The molecule has 4 N–H and O–H groups in total. The summed E-state index contributed by atoms with van der Waals surface area (Å²) >= 11 is 0. The molecule has 1 aliphatic heterocycles. The Morgan fingerprint density at radius 3 is 2.12 bits per heavy atom. The van der Waals surface area contributed by atoms with Crippen LogP contribution in [-0.4, -0.2) is 77.0 Å². The topological polar surface area (TPSA) is 131 Å². The molecule has 2 unspecified atom stereocenters. The molecule has 0 bridgehead atoms. The lowest BCUT2D eigenvalue weighted by atomic mass is 9.83. The fraction of sp³-hybridized carbons (Fsp3) is 0.515. The zero-order valence-corrected chi connectivity index (χ0v) is 25.1. The predicted octanol–water partition coefficient (Wildman–Crippen LogP) is 3.30. The van der Waals surface area contributed by atoms with Crippen LogP contribution in [0.3, 0.4) is 0 Å². The summed E-state index contributed by atoms with van der Waals surface area (Å²) in [6.45, 7) is 5.67. The van der Waals surface area contributed by atoms with Crippen LogP contribution >= 0.6 is 0 Å². The Morgan fingerprint density at radius 1 is 0.837 bits per heavy atom. The largest absolute Gasteiger partial charge is 0.465 e. The molecule has 0 spiro atoms. The summed E-state index contributed by atoms with van der Waals surface area (Å²) in [7, 11) is 0. The Kier molecular flexibility index (Phi) is 12.0. The lowest BCUT2D eigenvalue weighted by Gasteiger charge is -2.36. The van der Waals surface area contributed by atoms with Crippen molar-refractivity contribution in [3.63, 3.8) is 0 Å². The van der Waals surface area contributed by atoms with Gasteiger partial charge in [0.15, 0.2) is 0 Å². The molecule has 1 aliphatic carbocycles. The summed E-state index contributed by atoms with van der Waals surface area (Å²) in [6.07, 6.45) is 4.27. The zero-order valence-electron chi connectivity index (χ0n) is 25.1. The lowest BCUT2D eigenvalue weighted by Crippen LogP contribution is -2.55. The van der Waals surface area contributed by atoms with E-state index in [0.29, 0.717) is 25.9 Å². The van der Waals surface area contributed by atoms with Crippen LogP contribution in [-0.2, 0) is 33.9 Å². The maximum atomic E-state index is 13.5. The highest BCUT2D eigenvalue weighted by atomic mass is 16.4. The van der Waals surface area contributed by atoms with Crippen LogP contribution in [0.2, 0.25) is 0 Å². The quantitative estimate of drug-likeness (QED) is 0.300. The first-order valence-electron chi connectivity index (χ1n) is 15.5.